The first kappa shape index (κ1) is 13.9. The van der Waals surface area contributed by atoms with Crippen molar-refractivity contribution in [2.45, 2.75) is 0 Å². The van der Waals surface area contributed by atoms with Crippen LogP contribution in [0.5, 0.6) is 0 Å². The molecule has 0 saturated carbocycles. The second kappa shape index (κ2) is 7.81. The minimum Gasteiger partial charge on any atom is -0.329 e. The summed E-state index contributed by atoms with van der Waals surface area (Å²) < 4.78 is 0. The number of anilines is 2. The van der Waals surface area contributed by atoms with Crippen molar-refractivity contribution < 1.29 is 0 Å². The molecule has 0 unspecified atom stereocenters. The summed E-state index contributed by atoms with van der Waals surface area (Å²) in [4.78, 5) is 0. The van der Waals surface area contributed by atoms with Crippen molar-refractivity contribution in [1.82, 2.24) is 5.43 Å². The molecular formula is C15H19N5. The van der Waals surface area contributed by atoms with Crippen LogP contribution in [0.15, 0.2) is 65.8 Å². The van der Waals surface area contributed by atoms with E-state index in [4.69, 9.17) is 5.73 Å². The summed E-state index contributed by atoms with van der Waals surface area (Å²) in [7, 11) is 0. The summed E-state index contributed by atoms with van der Waals surface area (Å²) in [6, 6.07) is 19.7. The van der Waals surface area contributed by atoms with Gasteiger partial charge in [0.25, 0.3) is 0 Å². The second-order valence-electron chi connectivity index (χ2n) is 4.14. The Balaban J connectivity index is 2.06. The van der Waals surface area contributed by atoms with E-state index in [1.807, 2.05) is 60.7 Å². The van der Waals surface area contributed by atoms with E-state index >= 15 is 0 Å². The molecule has 0 atom stereocenters. The predicted octanol–water partition coefficient (Wildman–Crippen LogP) is 2.03. The van der Waals surface area contributed by atoms with Crippen LogP contribution in [0, 0.1) is 0 Å². The zero-order valence-corrected chi connectivity index (χ0v) is 11.2. The number of nitrogens with one attached hydrogen (secondary N) is 3. The first-order valence-electron chi connectivity index (χ1n) is 6.53. The summed E-state index contributed by atoms with van der Waals surface area (Å²) in [5, 5.41) is 10.7. The second-order valence-corrected chi connectivity index (χ2v) is 4.14. The Morgan fingerprint density at radius 2 is 1.35 bits per heavy atom. The van der Waals surface area contributed by atoms with Gasteiger partial charge in [0, 0.05) is 24.5 Å². The molecule has 0 amide bonds. The lowest BCUT2D eigenvalue weighted by Crippen LogP contribution is -2.27. The highest BCUT2D eigenvalue weighted by atomic mass is 15.4. The Kier molecular flexibility index (Phi) is 5.42. The number of hydrazone groups is 1. The van der Waals surface area contributed by atoms with Crippen LogP contribution in [0.1, 0.15) is 0 Å². The molecule has 2 rings (SSSR count). The minimum atomic E-state index is 0.535. The molecule has 0 bridgehead atoms. The lowest BCUT2D eigenvalue weighted by molar-refractivity contribution is 0.739. The summed E-state index contributed by atoms with van der Waals surface area (Å²) >= 11 is 0. The largest absolute Gasteiger partial charge is 0.329 e. The zero-order chi connectivity index (χ0) is 14.0. The van der Waals surface area contributed by atoms with Crippen molar-refractivity contribution in [2.24, 2.45) is 10.8 Å². The monoisotopic (exact) mass is 269 g/mol. The van der Waals surface area contributed by atoms with Crippen LogP contribution in [0.2, 0.25) is 0 Å². The zero-order valence-electron chi connectivity index (χ0n) is 11.2. The van der Waals surface area contributed by atoms with Crippen molar-refractivity contribution in [1.29, 1.82) is 0 Å². The van der Waals surface area contributed by atoms with E-state index in [0.717, 1.165) is 11.4 Å². The van der Waals surface area contributed by atoms with Crippen LogP contribution in [0.4, 0.5) is 11.4 Å². The Labute approximate surface area is 118 Å². The molecular weight excluding hydrogens is 250 g/mol. The van der Waals surface area contributed by atoms with E-state index in [2.05, 4.69) is 21.2 Å². The lowest BCUT2D eigenvalue weighted by Gasteiger charge is -2.12. The van der Waals surface area contributed by atoms with Gasteiger partial charge in [0.05, 0.1) is 0 Å². The number of nitrogens with two attached hydrogens (primary N) is 1. The number of nitrogens with zero attached hydrogens (tertiary/aromatic N) is 1. The highest BCUT2D eigenvalue weighted by Gasteiger charge is 2.00. The average Bonchev–Trinajstić information content (AvgIpc) is 2.49. The van der Waals surface area contributed by atoms with E-state index in [1.165, 1.54) is 0 Å². The van der Waals surface area contributed by atoms with Gasteiger partial charge < -0.3 is 21.8 Å². The molecule has 0 spiro atoms. The first-order valence-corrected chi connectivity index (χ1v) is 6.53. The average molecular weight is 269 g/mol. The first-order chi connectivity index (χ1) is 9.88. The van der Waals surface area contributed by atoms with Gasteiger partial charge >= 0.3 is 0 Å². The van der Waals surface area contributed by atoms with E-state index in [-0.39, 0.29) is 0 Å². The third-order valence-corrected chi connectivity index (χ3v) is 2.52. The molecule has 2 aromatic rings. The van der Waals surface area contributed by atoms with Crippen LogP contribution < -0.4 is 21.8 Å². The SMILES string of the molecule is NCCNN=C(Nc1ccccc1)Nc1ccccc1. The van der Waals surface area contributed by atoms with E-state index in [0.29, 0.717) is 19.0 Å². The fourth-order valence-electron chi connectivity index (χ4n) is 1.60. The molecule has 20 heavy (non-hydrogen) atoms. The molecule has 0 aliphatic heterocycles. The number of benzene rings is 2. The molecule has 0 fully saturated rings. The Bertz CT molecular complexity index is 481. The quantitative estimate of drug-likeness (QED) is 0.290. The fraction of sp³-hybridized carbons (Fsp3) is 0.133. The molecule has 104 valence electrons. The predicted molar refractivity (Wildman–Crippen MR) is 84.6 cm³/mol. The number of rotatable bonds is 5. The van der Waals surface area contributed by atoms with Crippen molar-refractivity contribution >= 4 is 17.3 Å². The lowest BCUT2D eigenvalue weighted by atomic mass is 10.3. The Morgan fingerprint density at radius 3 is 1.80 bits per heavy atom. The van der Waals surface area contributed by atoms with Gasteiger partial charge in [-0.2, -0.15) is 0 Å². The standard InChI is InChI=1S/C15H19N5/c16-11-12-17-20-15(18-13-7-3-1-4-8-13)19-14-9-5-2-6-10-14/h1-10,17H,11-12,16H2,(H2,18,19,20). The molecule has 0 heterocycles. The van der Waals surface area contributed by atoms with Gasteiger partial charge in [0.15, 0.2) is 0 Å². The number of hydrogen-bond donors (Lipinski definition) is 4. The Hall–Kier alpha value is -2.53. The van der Waals surface area contributed by atoms with Gasteiger partial charge in [-0.1, -0.05) is 36.4 Å². The highest BCUT2D eigenvalue weighted by Crippen LogP contribution is 2.08. The smallest absolute Gasteiger partial charge is 0.222 e. The summed E-state index contributed by atoms with van der Waals surface area (Å²) in [6.45, 7) is 1.16. The molecule has 2 aromatic carbocycles. The van der Waals surface area contributed by atoms with E-state index < -0.39 is 0 Å². The normalized spacial score (nSPS) is 9.65. The number of para-hydroxylation sites is 2. The molecule has 5 N–H and O–H groups in total. The van der Waals surface area contributed by atoms with E-state index in [1.54, 1.807) is 0 Å². The third-order valence-electron chi connectivity index (χ3n) is 2.52. The molecule has 0 radical (unpaired) electrons. The molecule has 5 heteroatoms. The van der Waals surface area contributed by atoms with Crippen LogP contribution in [0.3, 0.4) is 0 Å². The van der Waals surface area contributed by atoms with Crippen LogP contribution in [0.25, 0.3) is 0 Å². The summed E-state index contributed by atoms with van der Waals surface area (Å²) in [5.74, 6) is 0.621. The van der Waals surface area contributed by atoms with Crippen molar-refractivity contribution in [3.8, 4) is 0 Å². The van der Waals surface area contributed by atoms with Gasteiger partial charge in [-0.3, -0.25) is 0 Å². The third kappa shape index (κ3) is 4.62. The number of hydrogen-bond acceptors (Lipinski definition) is 3. The van der Waals surface area contributed by atoms with Crippen molar-refractivity contribution in [3.05, 3.63) is 60.7 Å². The van der Waals surface area contributed by atoms with Gasteiger partial charge in [-0.15, -0.1) is 5.10 Å². The van der Waals surface area contributed by atoms with Gasteiger partial charge in [0.1, 0.15) is 0 Å². The molecule has 0 saturated heterocycles. The maximum absolute atomic E-state index is 5.45. The van der Waals surface area contributed by atoms with Gasteiger partial charge in [-0.25, -0.2) is 0 Å². The fourth-order valence-corrected chi connectivity index (χ4v) is 1.60. The van der Waals surface area contributed by atoms with E-state index in [9.17, 15) is 0 Å². The maximum Gasteiger partial charge on any atom is 0.222 e. The number of guanidine groups is 1. The van der Waals surface area contributed by atoms with Crippen molar-refractivity contribution in [2.75, 3.05) is 23.7 Å². The van der Waals surface area contributed by atoms with Crippen LogP contribution in [-0.4, -0.2) is 19.0 Å². The molecule has 0 aromatic heterocycles. The van der Waals surface area contributed by atoms with Crippen LogP contribution in [-0.2, 0) is 0 Å². The summed E-state index contributed by atoms with van der Waals surface area (Å²) in [5.41, 5.74) is 10.3. The van der Waals surface area contributed by atoms with Gasteiger partial charge in [-0.05, 0) is 24.3 Å². The van der Waals surface area contributed by atoms with Crippen LogP contribution >= 0.6 is 0 Å². The van der Waals surface area contributed by atoms with Gasteiger partial charge in [0.2, 0.25) is 5.96 Å². The molecule has 0 aliphatic rings. The minimum absolute atomic E-state index is 0.535. The topological polar surface area (TPSA) is 74.5 Å². The molecule has 5 nitrogen and oxygen atoms in total. The Morgan fingerprint density at radius 1 is 0.850 bits per heavy atom. The molecule has 0 aliphatic carbocycles. The highest BCUT2D eigenvalue weighted by molar-refractivity contribution is 6.03. The summed E-state index contributed by atoms with van der Waals surface area (Å²) in [6.07, 6.45) is 0. The van der Waals surface area contributed by atoms with Crippen molar-refractivity contribution in [3.63, 3.8) is 0 Å². The maximum atomic E-state index is 5.45.